The molecule has 0 spiro atoms. The summed E-state index contributed by atoms with van der Waals surface area (Å²) in [7, 11) is 1.59. The quantitative estimate of drug-likeness (QED) is 0.828. The maximum atomic E-state index is 13.3. The zero-order valence-electron chi connectivity index (χ0n) is 14.3. The number of carbonyl (C=O) groups excluding carboxylic acids is 2. The van der Waals surface area contributed by atoms with Gasteiger partial charge in [0, 0.05) is 31.0 Å². The van der Waals surface area contributed by atoms with Gasteiger partial charge in [-0.1, -0.05) is 0 Å². The van der Waals surface area contributed by atoms with E-state index in [0.717, 1.165) is 17.0 Å². The topological polar surface area (TPSA) is 67.2 Å². The fraction of sp³-hybridized carbons (Fsp3) is 0.353. The number of benzene rings is 1. The summed E-state index contributed by atoms with van der Waals surface area (Å²) in [4.78, 5) is 25.8. The van der Waals surface area contributed by atoms with E-state index in [2.05, 4.69) is 10.4 Å². The number of likely N-dealkylation sites (tertiary alicyclic amines) is 1. The Morgan fingerprint density at radius 1 is 1.22 bits per heavy atom. The third kappa shape index (κ3) is 4.26. The Hall–Kier alpha value is -2.91. The molecular weight excluding hydrogens is 368 g/mol. The van der Waals surface area contributed by atoms with Crippen LogP contribution in [0.4, 0.5) is 23.2 Å². The molecule has 144 valence electrons. The maximum absolute atomic E-state index is 13.3. The van der Waals surface area contributed by atoms with Crippen LogP contribution in [0, 0.1) is 0 Å². The Labute approximate surface area is 151 Å². The Balaban J connectivity index is 1.91. The van der Waals surface area contributed by atoms with E-state index in [1.807, 2.05) is 0 Å². The molecule has 1 fully saturated rings. The molecule has 1 N–H and O–H groups in total. The molecule has 0 aliphatic carbocycles. The Bertz CT molecular complexity index is 878. The van der Waals surface area contributed by atoms with Crippen LogP contribution >= 0.6 is 0 Å². The lowest BCUT2D eigenvalue weighted by molar-refractivity contribution is -0.137. The van der Waals surface area contributed by atoms with Crippen molar-refractivity contribution < 1.29 is 27.2 Å². The molecule has 0 unspecified atom stereocenters. The van der Waals surface area contributed by atoms with E-state index >= 15 is 0 Å². The van der Waals surface area contributed by atoms with Crippen LogP contribution in [0.2, 0.25) is 0 Å². The van der Waals surface area contributed by atoms with Crippen LogP contribution in [0.25, 0.3) is 0 Å². The number of carbonyl (C=O) groups is 2. The van der Waals surface area contributed by atoms with Crippen LogP contribution in [-0.4, -0.2) is 45.8 Å². The van der Waals surface area contributed by atoms with Crippen molar-refractivity contribution in [3.8, 4) is 0 Å². The number of nitrogens with zero attached hydrogens (tertiary/aromatic N) is 3. The molecule has 0 radical (unpaired) electrons. The molecule has 1 aliphatic rings. The van der Waals surface area contributed by atoms with Crippen LogP contribution in [0.5, 0.6) is 0 Å². The standard InChI is InChI=1S/C17H16F4N4O2/c1-24-8-11(7-22-24)15(26)23-14-5-10(4-12(6-14)17(19,20)21)16(27)25-3-2-13(18)9-25/h4-8,13H,2-3,9H2,1H3,(H,23,26)/t13-/m0/s1. The number of rotatable bonds is 3. The number of nitrogens with one attached hydrogen (secondary N) is 1. The van der Waals surface area contributed by atoms with Gasteiger partial charge in [0.25, 0.3) is 11.8 Å². The highest BCUT2D eigenvalue weighted by molar-refractivity contribution is 6.05. The molecular formula is C17H16F4N4O2. The second kappa shape index (κ2) is 7.01. The summed E-state index contributed by atoms with van der Waals surface area (Å²) in [6.07, 6.45) is -3.08. The highest BCUT2D eigenvalue weighted by Gasteiger charge is 2.33. The number of aryl methyl sites for hydroxylation is 1. The number of halogens is 4. The molecule has 0 saturated carbocycles. The van der Waals surface area contributed by atoms with Gasteiger partial charge in [0.2, 0.25) is 0 Å². The Kier molecular flexibility index (Phi) is 4.90. The van der Waals surface area contributed by atoms with Crippen molar-refractivity contribution in [2.75, 3.05) is 18.4 Å². The van der Waals surface area contributed by atoms with E-state index in [1.165, 1.54) is 17.1 Å². The Morgan fingerprint density at radius 2 is 1.96 bits per heavy atom. The first-order valence-corrected chi connectivity index (χ1v) is 8.09. The highest BCUT2D eigenvalue weighted by atomic mass is 19.4. The molecule has 2 aromatic rings. The molecule has 1 aliphatic heterocycles. The average Bonchev–Trinajstić information content (AvgIpc) is 3.21. The number of amides is 2. The average molecular weight is 384 g/mol. The molecule has 1 saturated heterocycles. The van der Waals surface area contributed by atoms with Gasteiger partial charge in [-0.05, 0) is 24.6 Å². The second-order valence-electron chi connectivity index (χ2n) is 6.29. The van der Waals surface area contributed by atoms with Gasteiger partial charge in [0.1, 0.15) is 6.17 Å². The molecule has 2 heterocycles. The van der Waals surface area contributed by atoms with Crippen LogP contribution in [0.1, 0.15) is 32.7 Å². The van der Waals surface area contributed by atoms with Gasteiger partial charge in [0.05, 0.1) is 23.9 Å². The number of aromatic nitrogens is 2. The van der Waals surface area contributed by atoms with Gasteiger partial charge in [0.15, 0.2) is 0 Å². The minimum Gasteiger partial charge on any atom is -0.336 e. The van der Waals surface area contributed by atoms with Gasteiger partial charge in [-0.3, -0.25) is 14.3 Å². The number of anilines is 1. The lowest BCUT2D eigenvalue weighted by atomic mass is 10.1. The fourth-order valence-corrected chi connectivity index (χ4v) is 2.81. The second-order valence-corrected chi connectivity index (χ2v) is 6.29. The van der Waals surface area contributed by atoms with Crippen molar-refractivity contribution in [1.29, 1.82) is 0 Å². The van der Waals surface area contributed by atoms with Gasteiger partial charge in [-0.2, -0.15) is 18.3 Å². The van der Waals surface area contributed by atoms with Crippen LogP contribution < -0.4 is 5.32 Å². The maximum Gasteiger partial charge on any atom is 0.416 e. The summed E-state index contributed by atoms with van der Waals surface area (Å²) in [5.41, 5.74) is -1.37. The van der Waals surface area contributed by atoms with Crippen LogP contribution in [0.3, 0.4) is 0 Å². The van der Waals surface area contributed by atoms with Crippen molar-refractivity contribution >= 4 is 17.5 Å². The third-order valence-electron chi connectivity index (χ3n) is 4.15. The highest BCUT2D eigenvalue weighted by Crippen LogP contribution is 2.32. The summed E-state index contributed by atoms with van der Waals surface area (Å²) < 4.78 is 54.3. The molecule has 3 rings (SSSR count). The van der Waals surface area contributed by atoms with Crippen LogP contribution in [-0.2, 0) is 13.2 Å². The molecule has 0 bridgehead atoms. The summed E-state index contributed by atoms with van der Waals surface area (Å²) in [6, 6.07) is 2.60. The number of hydrogen-bond donors (Lipinski definition) is 1. The molecule has 2 amide bonds. The predicted molar refractivity (Wildman–Crippen MR) is 88.0 cm³/mol. The monoisotopic (exact) mass is 384 g/mol. The molecule has 1 aromatic carbocycles. The first kappa shape index (κ1) is 18.9. The lowest BCUT2D eigenvalue weighted by Crippen LogP contribution is -2.29. The van der Waals surface area contributed by atoms with Crippen LogP contribution in [0.15, 0.2) is 30.6 Å². The molecule has 6 nitrogen and oxygen atoms in total. The van der Waals surface area contributed by atoms with Crippen molar-refractivity contribution in [1.82, 2.24) is 14.7 Å². The third-order valence-corrected chi connectivity index (χ3v) is 4.15. The first-order valence-electron chi connectivity index (χ1n) is 8.09. The summed E-state index contributed by atoms with van der Waals surface area (Å²) in [5.74, 6) is -1.37. The van der Waals surface area contributed by atoms with E-state index in [0.29, 0.717) is 6.07 Å². The zero-order chi connectivity index (χ0) is 19.8. The molecule has 1 aromatic heterocycles. The summed E-state index contributed by atoms with van der Waals surface area (Å²) >= 11 is 0. The van der Waals surface area contributed by atoms with E-state index < -0.39 is 29.7 Å². The molecule has 27 heavy (non-hydrogen) atoms. The van der Waals surface area contributed by atoms with E-state index in [1.54, 1.807) is 7.05 Å². The number of hydrogen-bond acceptors (Lipinski definition) is 3. The number of alkyl halides is 4. The van der Waals surface area contributed by atoms with E-state index in [9.17, 15) is 27.2 Å². The van der Waals surface area contributed by atoms with Gasteiger partial charge < -0.3 is 10.2 Å². The van der Waals surface area contributed by atoms with E-state index in [4.69, 9.17) is 0 Å². The van der Waals surface area contributed by atoms with E-state index in [-0.39, 0.29) is 36.3 Å². The normalized spacial score (nSPS) is 17.2. The molecule has 1 atom stereocenters. The smallest absolute Gasteiger partial charge is 0.336 e. The summed E-state index contributed by atoms with van der Waals surface area (Å²) in [6.45, 7) is -0.0277. The predicted octanol–water partition coefficient (Wildman–Crippen LogP) is 2.88. The SMILES string of the molecule is Cn1cc(C(=O)Nc2cc(C(=O)N3CC[C@H](F)C3)cc(C(F)(F)F)c2)cn1. The first-order chi connectivity index (χ1) is 12.6. The minimum atomic E-state index is -4.71. The van der Waals surface area contributed by atoms with Gasteiger partial charge >= 0.3 is 6.18 Å². The van der Waals surface area contributed by atoms with Gasteiger partial charge in [-0.15, -0.1) is 0 Å². The fourth-order valence-electron chi connectivity index (χ4n) is 2.81. The zero-order valence-corrected chi connectivity index (χ0v) is 14.3. The van der Waals surface area contributed by atoms with Crippen molar-refractivity contribution in [2.45, 2.75) is 18.8 Å². The largest absolute Gasteiger partial charge is 0.416 e. The van der Waals surface area contributed by atoms with Crippen molar-refractivity contribution in [3.63, 3.8) is 0 Å². The minimum absolute atomic E-state index is 0.133. The lowest BCUT2D eigenvalue weighted by Gasteiger charge is -2.18. The van der Waals surface area contributed by atoms with Crippen molar-refractivity contribution in [2.24, 2.45) is 7.05 Å². The summed E-state index contributed by atoms with van der Waals surface area (Å²) in [5, 5.41) is 6.16. The van der Waals surface area contributed by atoms with Gasteiger partial charge in [-0.25, -0.2) is 4.39 Å². The Morgan fingerprint density at radius 3 is 2.52 bits per heavy atom. The van der Waals surface area contributed by atoms with Crippen molar-refractivity contribution in [3.05, 3.63) is 47.3 Å². The molecule has 10 heteroatoms.